The summed E-state index contributed by atoms with van der Waals surface area (Å²) in [5.41, 5.74) is 8.44. The normalized spacial score (nSPS) is 16.1. The van der Waals surface area contributed by atoms with Gasteiger partial charge < -0.3 is 16.0 Å². The maximum atomic E-state index is 14.7. The number of urea groups is 1. The molecule has 4 aromatic rings. The molecule has 1 aliphatic rings. The molecule has 0 radical (unpaired) electrons. The van der Waals surface area contributed by atoms with E-state index in [2.05, 4.69) is 25.5 Å². The molecular weight excluding hydrogens is 482 g/mol. The zero-order valence-corrected chi connectivity index (χ0v) is 19.0. The Labute approximate surface area is 201 Å². The molecule has 1 aromatic carbocycles. The number of benzene rings is 1. The van der Waals surface area contributed by atoms with Gasteiger partial charge in [0.25, 0.3) is 0 Å². The van der Waals surface area contributed by atoms with Gasteiger partial charge in [-0.2, -0.15) is 23.4 Å². The average molecular weight is 503 g/mol. The Morgan fingerprint density at radius 1 is 1.22 bits per heavy atom. The SMILES string of the molecule is Cc1cc(F)c(NC(=O)N2CCC(CC(F)(F)F)C2)cc1-n1cc(-c2cnc3c(N)ncnn23)cn1. The highest BCUT2D eigenvalue weighted by molar-refractivity contribution is 5.90. The van der Waals surface area contributed by atoms with Crippen LogP contribution >= 0.6 is 0 Å². The Morgan fingerprint density at radius 3 is 2.81 bits per heavy atom. The standard InChI is InChI=1S/C22H21F4N9O/c1-12-4-15(23)16(32-21(36)33-3-2-13(9-33)6-22(24,25)26)5-17(12)34-10-14(7-30-34)18-8-28-20-19(27)29-11-31-35(18)20/h4-5,7-8,10-11,13H,2-3,6,9H2,1H3,(H,32,36)(H2,27,29,31). The second-order valence-electron chi connectivity index (χ2n) is 8.67. The Bertz CT molecular complexity index is 1450. The maximum Gasteiger partial charge on any atom is 0.389 e. The number of alkyl halides is 3. The summed E-state index contributed by atoms with van der Waals surface area (Å²) in [6, 6.07) is 2.03. The lowest BCUT2D eigenvalue weighted by atomic mass is 10.1. The average Bonchev–Trinajstić information content (AvgIpc) is 3.54. The molecule has 0 spiro atoms. The number of likely N-dealkylation sites (tertiary alicyclic amines) is 1. The fourth-order valence-corrected chi connectivity index (χ4v) is 4.33. The fourth-order valence-electron chi connectivity index (χ4n) is 4.33. The van der Waals surface area contributed by atoms with E-state index in [4.69, 9.17) is 5.73 Å². The van der Waals surface area contributed by atoms with E-state index < -0.39 is 30.4 Å². The van der Waals surface area contributed by atoms with Crippen molar-refractivity contribution in [3.05, 3.63) is 48.4 Å². The Hall–Kier alpha value is -4.23. The highest BCUT2D eigenvalue weighted by Gasteiger charge is 2.36. The van der Waals surface area contributed by atoms with Gasteiger partial charge in [-0.05, 0) is 37.0 Å². The van der Waals surface area contributed by atoms with E-state index >= 15 is 0 Å². The first kappa shape index (κ1) is 23.5. The number of hydrogen-bond acceptors (Lipinski definition) is 6. The Morgan fingerprint density at radius 2 is 2.03 bits per heavy atom. The lowest BCUT2D eigenvalue weighted by Gasteiger charge is -2.19. The number of halogens is 4. The van der Waals surface area contributed by atoms with E-state index in [1.165, 1.54) is 32.6 Å². The number of aromatic nitrogens is 6. The first-order chi connectivity index (χ1) is 17.1. The molecule has 14 heteroatoms. The fraction of sp³-hybridized carbons (Fsp3) is 0.318. The number of rotatable bonds is 4. The minimum absolute atomic E-state index is 0.0401. The summed E-state index contributed by atoms with van der Waals surface area (Å²) in [5, 5.41) is 11.0. The zero-order valence-electron chi connectivity index (χ0n) is 19.0. The van der Waals surface area contributed by atoms with Crippen molar-refractivity contribution in [3.8, 4) is 16.9 Å². The number of nitrogen functional groups attached to an aromatic ring is 1. The van der Waals surface area contributed by atoms with Crippen LogP contribution in [0.1, 0.15) is 18.4 Å². The van der Waals surface area contributed by atoms with Gasteiger partial charge in [-0.25, -0.2) is 28.4 Å². The van der Waals surface area contributed by atoms with E-state index in [0.29, 0.717) is 28.2 Å². The first-order valence-electron chi connectivity index (χ1n) is 11.0. The molecule has 3 aromatic heterocycles. The zero-order chi connectivity index (χ0) is 25.6. The van der Waals surface area contributed by atoms with Crippen LogP contribution in [-0.2, 0) is 0 Å². The molecule has 0 bridgehead atoms. The van der Waals surface area contributed by atoms with Gasteiger partial charge in [-0.1, -0.05) is 0 Å². The van der Waals surface area contributed by atoms with Crippen molar-refractivity contribution >= 4 is 23.2 Å². The number of nitrogens with one attached hydrogen (secondary N) is 1. The third kappa shape index (κ3) is 4.53. The van der Waals surface area contributed by atoms with Crippen LogP contribution in [0.25, 0.3) is 22.6 Å². The molecule has 4 heterocycles. The number of anilines is 2. The number of nitrogens with two attached hydrogens (primary N) is 1. The highest BCUT2D eigenvalue weighted by Crippen LogP contribution is 2.31. The number of carbonyl (C=O) groups excluding carboxylic acids is 1. The summed E-state index contributed by atoms with van der Waals surface area (Å²) in [6.07, 6.45) is 1.15. The van der Waals surface area contributed by atoms with Crippen LogP contribution in [-0.4, -0.2) is 59.6 Å². The van der Waals surface area contributed by atoms with Crippen LogP contribution in [0.4, 0.5) is 33.9 Å². The highest BCUT2D eigenvalue weighted by atomic mass is 19.4. The number of imidazole rings is 1. The summed E-state index contributed by atoms with van der Waals surface area (Å²) in [5.74, 6) is -1.12. The summed E-state index contributed by atoms with van der Waals surface area (Å²) < 4.78 is 55.7. The molecule has 36 heavy (non-hydrogen) atoms. The van der Waals surface area contributed by atoms with E-state index in [9.17, 15) is 22.4 Å². The smallest absolute Gasteiger partial charge is 0.381 e. The monoisotopic (exact) mass is 503 g/mol. The second-order valence-corrected chi connectivity index (χ2v) is 8.67. The molecule has 188 valence electrons. The van der Waals surface area contributed by atoms with Crippen LogP contribution < -0.4 is 11.1 Å². The molecule has 1 unspecified atom stereocenters. The second kappa shape index (κ2) is 8.77. The predicted octanol–water partition coefficient (Wildman–Crippen LogP) is 3.81. The summed E-state index contributed by atoms with van der Waals surface area (Å²) in [4.78, 5) is 22.0. The van der Waals surface area contributed by atoms with Gasteiger partial charge in [0.2, 0.25) is 0 Å². The van der Waals surface area contributed by atoms with Crippen LogP contribution in [0.3, 0.4) is 0 Å². The largest absolute Gasteiger partial charge is 0.389 e. The van der Waals surface area contributed by atoms with Crippen molar-refractivity contribution in [2.24, 2.45) is 5.92 Å². The lowest BCUT2D eigenvalue weighted by Crippen LogP contribution is -2.33. The molecule has 1 aliphatic heterocycles. The molecular formula is C22H21F4N9O. The third-order valence-corrected chi connectivity index (χ3v) is 6.08. The van der Waals surface area contributed by atoms with Crippen LogP contribution in [0, 0.1) is 18.7 Å². The molecule has 1 saturated heterocycles. The summed E-state index contributed by atoms with van der Waals surface area (Å²) in [7, 11) is 0. The Kier molecular flexibility index (Phi) is 5.73. The van der Waals surface area contributed by atoms with Gasteiger partial charge in [0.05, 0.1) is 29.5 Å². The van der Waals surface area contributed by atoms with Gasteiger partial charge in [0, 0.05) is 31.3 Å². The molecule has 5 rings (SSSR count). The van der Waals surface area contributed by atoms with E-state index in [-0.39, 0.29) is 31.0 Å². The number of hydrogen-bond donors (Lipinski definition) is 2. The Balaban J connectivity index is 1.37. The van der Waals surface area contributed by atoms with Gasteiger partial charge in [0.1, 0.15) is 12.1 Å². The van der Waals surface area contributed by atoms with Gasteiger partial charge in [-0.15, -0.1) is 0 Å². The number of aryl methyl sites for hydroxylation is 1. The van der Waals surface area contributed by atoms with Crippen molar-refractivity contribution < 1.29 is 22.4 Å². The lowest BCUT2D eigenvalue weighted by molar-refractivity contribution is -0.143. The molecule has 10 nitrogen and oxygen atoms in total. The van der Waals surface area contributed by atoms with Crippen molar-refractivity contribution in [2.75, 3.05) is 24.1 Å². The molecule has 1 fully saturated rings. The first-order valence-corrected chi connectivity index (χ1v) is 11.0. The van der Waals surface area contributed by atoms with Crippen molar-refractivity contribution in [3.63, 3.8) is 0 Å². The van der Waals surface area contributed by atoms with Crippen molar-refractivity contribution in [2.45, 2.75) is 25.9 Å². The van der Waals surface area contributed by atoms with Crippen molar-refractivity contribution in [1.82, 2.24) is 34.3 Å². The van der Waals surface area contributed by atoms with Gasteiger partial charge in [-0.3, -0.25) is 0 Å². The van der Waals surface area contributed by atoms with E-state index in [0.717, 1.165) is 0 Å². The van der Waals surface area contributed by atoms with Gasteiger partial charge >= 0.3 is 12.2 Å². The quantitative estimate of drug-likeness (QED) is 0.409. The number of carbonyl (C=O) groups is 1. The molecule has 0 aliphatic carbocycles. The number of fused-ring (bicyclic) bond motifs is 1. The van der Waals surface area contributed by atoms with Crippen LogP contribution in [0.5, 0.6) is 0 Å². The summed E-state index contributed by atoms with van der Waals surface area (Å²) in [6.45, 7) is 1.82. The van der Waals surface area contributed by atoms with E-state index in [1.54, 1.807) is 25.5 Å². The number of nitrogens with zero attached hydrogens (tertiary/aromatic N) is 7. The van der Waals surface area contributed by atoms with Crippen LogP contribution in [0.2, 0.25) is 0 Å². The summed E-state index contributed by atoms with van der Waals surface area (Å²) >= 11 is 0. The molecule has 0 saturated carbocycles. The minimum atomic E-state index is -4.29. The van der Waals surface area contributed by atoms with Crippen molar-refractivity contribution in [1.29, 1.82) is 0 Å². The van der Waals surface area contributed by atoms with Crippen LogP contribution in [0.15, 0.2) is 37.1 Å². The maximum absolute atomic E-state index is 14.7. The van der Waals surface area contributed by atoms with Gasteiger partial charge in [0.15, 0.2) is 11.5 Å². The predicted molar refractivity (Wildman–Crippen MR) is 122 cm³/mol. The molecule has 3 N–H and O–H groups in total. The number of amides is 2. The third-order valence-electron chi connectivity index (χ3n) is 6.08. The topological polar surface area (TPSA) is 119 Å². The molecule has 2 amide bonds. The minimum Gasteiger partial charge on any atom is -0.381 e. The molecule has 1 atom stereocenters. The van der Waals surface area contributed by atoms with E-state index in [1.807, 2.05) is 0 Å².